The maximum atomic E-state index is 12.3. The zero-order chi connectivity index (χ0) is 15.6. The fraction of sp³-hybridized carbons (Fsp3) is 0.0714. The Morgan fingerprint density at radius 2 is 1.86 bits per heavy atom. The number of amides is 1. The normalized spacial score (nSPS) is 11.2. The Hall–Kier alpha value is -1.70. The number of hydrogen-bond donors (Lipinski definition) is 2. The highest BCUT2D eigenvalue weighted by molar-refractivity contribution is 9.10. The molecule has 0 aliphatic carbocycles. The van der Waals surface area contributed by atoms with E-state index in [2.05, 4.69) is 21.2 Å². The molecule has 0 fully saturated rings. The van der Waals surface area contributed by atoms with E-state index in [1.807, 2.05) is 0 Å². The predicted octanol–water partition coefficient (Wildman–Crippen LogP) is 2.66. The molecule has 2 aromatic carbocycles. The molecule has 0 aliphatic heterocycles. The van der Waals surface area contributed by atoms with Gasteiger partial charge < -0.3 is 5.32 Å². The van der Waals surface area contributed by atoms with Crippen molar-refractivity contribution >= 4 is 37.5 Å². The van der Waals surface area contributed by atoms with Crippen LogP contribution in [0.3, 0.4) is 0 Å². The highest BCUT2D eigenvalue weighted by atomic mass is 79.9. The van der Waals surface area contributed by atoms with Crippen molar-refractivity contribution in [2.45, 2.75) is 11.8 Å². The number of aryl methyl sites for hydroxylation is 1. The smallest absolute Gasteiger partial charge is 0.255 e. The summed E-state index contributed by atoms with van der Waals surface area (Å²) in [6.07, 6.45) is 0. The number of primary sulfonamides is 1. The van der Waals surface area contributed by atoms with Gasteiger partial charge in [0.25, 0.3) is 5.91 Å². The van der Waals surface area contributed by atoms with Crippen LogP contribution in [-0.4, -0.2) is 14.3 Å². The first-order chi connectivity index (χ1) is 9.79. The van der Waals surface area contributed by atoms with Gasteiger partial charge in [0, 0.05) is 10.0 Å². The molecule has 7 heteroatoms. The fourth-order valence-electron chi connectivity index (χ4n) is 1.89. The van der Waals surface area contributed by atoms with Crippen molar-refractivity contribution in [2.75, 3.05) is 5.32 Å². The maximum absolute atomic E-state index is 12.3. The Morgan fingerprint density at radius 3 is 2.48 bits per heavy atom. The van der Waals surface area contributed by atoms with E-state index in [-0.39, 0.29) is 10.6 Å². The summed E-state index contributed by atoms with van der Waals surface area (Å²) >= 11 is 3.32. The molecule has 0 saturated carbocycles. The number of sulfonamides is 1. The number of rotatable bonds is 3. The van der Waals surface area contributed by atoms with Crippen LogP contribution in [0.15, 0.2) is 51.8 Å². The van der Waals surface area contributed by atoms with Gasteiger partial charge in [-0.3, -0.25) is 4.79 Å². The quantitative estimate of drug-likeness (QED) is 0.872. The summed E-state index contributed by atoms with van der Waals surface area (Å²) in [5.41, 5.74) is 1.39. The van der Waals surface area contributed by atoms with Gasteiger partial charge in [-0.25, -0.2) is 13.6 Å². The van der Waals surface area contributed by atoms with Crippen molar-refractivity contribution in [2.24, 2.45) is 5.14 Å². The molecule has 5 nitrogen and oxygen atoms in total. The minimum atomic E-state index is -3.90. The van der Waals surface area contributed by atoms with E-state index < -0.39 is 15.9 Å². The fourth-order valence-corrected chi connectivity index (χ4v) is 3.06. The minimum absolute atomic E-state index is 0.117. The van der Waals surface area contributed by atoms with E-state index in [1.165, 1.54) is 12.1 Å². The number of anilines is 1. The number of halogens is 1. The number of nitrogens with two attached hydrogens (primary N) is 1. The second-order valence-corrected chi connectivity index (χ2v) is 6.90. The lowest BCUT2D eigenvalue weighted by atomic mass is 10.1. The summed E-state index contributed by atoms with van der Waals surface area (Å²) in [5, 5.41) is 7.72. The van der Waals surface area contributed by atoms with Crippen molar-refractivity contribution in [1.82, 2.24) is 0 Å². The lowest BCUT2D eigenvalue weighted by Gasteiger charge is -2.11. The summed E-state index contributed by atoms with van der Waals surface area (Å²) in [6.45, 7) is 1.80. The van der Waals surface area contributed by atoms with Gasteiger partial charge in [-0.05, 0) is 42.8 Å². The van der Waals surface area contributed by atoms with Crippen LogP contribution in [0, 0.1) is 6.92 Å². The third kappa shape index (κ3) is 3.69. The van der Waals surface area contributed by atoms with Crippen LogP contribution in [0.1, 0.15) is 15.9 Å². The van der Waals surface area contributed by atoms with Gasteiger partial charge in [0.2, 0.25) is 10.0 Å². The first-order valence-corrected chi connectivity index (χ1v) is 8.32. The molecular weight excluding hydrogens is 356 g/mol. The summed E-state index contributed by atoms with van der Waals surface area (Å²) < 4.78 is 23.9. The van der Waals surface area contributed by atoms with Crippen molar-refractivity contribution in [3.05, 3.63) is 58.1 Å². The average molecular weight is 369 g/mol. The summed E-state index contributed by atoms with van der Waals surface area (Å²) in [5.74, 6) is -0.392. The van der Waals surface area contributed by atoms with Crippen LogP contribution in [-0.2, 0) is 10.0 Å². The van der Waals surface area contributed by atoms with Crippen molar-refractivity contribution in [3.8, 4) is 0 Å². The zero-order valence-corrected chi connectivity index (χ0v) is 13.5. The predicted molar refractivity (Wildman–Crippen MR) is 84.6 cm³/mol. The largest absolute Gasteiger partial charge is 0.321 e. The molecule has 0 unspecified atom stereocenters. The topological polar surface area (TPSA) is 89.3 Å². The van der Waals surface area contributed by atoms with Gasteiger partial charge in [0.1, 0.15) is 4.90 Å². The number of carbonyl (C=O) groups excluding carboxylic acids is 1. The van der Waals surface area contributed by atoms with E-state index in [1.54, 1.807) is 37.3 Å². The molecule has 0 atom stereocenters. The van der Waals surface area contributed by atoms with E-state index in [9.17, 15) is 13.2 Å². The van der Waals surface area contributed by atoms with Gasteiger partial charge >= 0.3 is 0 Å². The molecule has 0 bridgehead atoms. The maximum Gasteiger partial charge on any atom is 0.255 e. The molecule has 0 aliphatic rings. The van der Waals surface area contributed by atoms with Crippen molar-refractivity contribution < 1.29 is 13.2 Å². The molecule has 3 N–H and O–H groups in total. The highest BCUT2D eigenvalue weighted by Gasteiger charge is 2.16. The molecule has 0 aromatic heterocycles. The van der Waals surface area contributed by atoms with Crippen LogP contribution < -0.4 is 10.5 Å². The summed E-state index contributed by atoms with van der Waals surface area (Å²) in [6, 6.07) is 11.2. The lowest BCUT2D eigenvalue weighted by Crippen LogP contribution is -2.18. The number of hydrogen-bond acceptors (Lipinski definition) is 3. The van der Waals surface area contributed by atoms with E-state index in [4.69, 9.17) is 5.14 Å². The molecule has 0 radical (unpaired) electrons. The second-order valence-electron chi connectivity index (χ2n) is 4.45. The first kappa shape index (κ1) is 15.7. The standard InChI is InChI=1S/C14H13BrN2O3S/c1-9-8-10(15)6-7-11(9)14(18)17-12-4-2-3-5-13(12)21(16,19)20/h2-8H,1H3,(H,17,18)(H2,16,19,20). The summed E-state index contributed by atoms with van der Waals surface area (Å²) in [4.78, 5) is 12.1. The lowest BCUT2D eigenvalue weighted by molar-refractivity contribution is 0.102. The van der Waals surface area contributed by atoms with E-state index in [0.29, 0.717) is 5.56 Å². The summed E-state index contributed by atoms with van der Waals surface area (Å²) in [7, 11) is -3.90. The van der Waals surface area contributed by atoms with Crippen molar-refractivity contribution in [3.63, 3.8) is 0 Å². The molecule has 110 valence electrons. The third-order valence-corrected chi connectivity index (χ3v) is 4.34. The van der Waals surface area contributed by atoms with Crippen LogP contribution in [0.5, 0.6) is 0 Å². The van der Waals surface area contributed by atoms with Crippen LogP contribution in [0.2, 0.25) is 0 Å². The molecule has 0 heterocycles. The molecule has 0 spiro atoms. The van der Waals surface area contributed by atoms with Crippen LogP contribution >= 0.6 is 15.9 Å². The highest BCUT2D eigenvalue weighted by Crippen LogP contribution is 2.22. The minimum Gasteiger partial charge on any atom is -0.321 e. The first-order valence-electron chi connectivity index (χ1n) is 5.98. The number of para-hydroxylation sites is 1. The van der Waals surface area contributed by atoms with Gasteiger partial charge in [-0.15, -0.1) is 0 Å². The molecule has 2 rings (SSSR count). The van der Waals surface area contributed by atoms with Crippen molar-refractivity contribution in [1.29, 1.82) is 0 Å². The van der Waals surface area contributed by atoms with Crippen LogP contribution in [0.4, 0.5) is 5.69 Å². The van der Waals surface area contributed by atoms with Gasteiger partial charge in [0.05, 0.1) is 5.69 Å². The zero-order valence-electron chi connectivity index (χ0n) is 11.1. The monoisotopic (exact) mass is 368 g/mol. The molecule has 1 amide bonds. The molecular formula is C14H13BrN2O3S. The molecule has 0 saturated heterocycles. The number of nitrogens with one attached hydrogen (secondary N) is 1. The van der Waals surface area contributed by atoms with Gasteiger partial charge in [-0.1, -0.05) is 28.1 Å². The average Bonchev–Trinajstić information content (AvgIpc) is 2.37. The Kier molecular flexibility index (Phi) is 4.46. The van der Waals surface area contributed by atoms with Gasteiger partial charge in [-0.2, -0.15) is 0 Å². The Labute approximate surface area is 131 Å². The van der Waals surface area contributed by atoms with Gasteiger partial charge in [0.15, 0.2) is 0 Å². The Balaban J connectivity index is 2.37. The van der Waals surface area contributed by atoms with Crippen LogP contribution in [0.25, 0.3) is 0 Å². The Bertz CT molecular complexity index is 804. The number of carbonyl (C=O) groups is 1. The third-order valence-electron chi connectivity index (χ3n) is 2.87. The number of benzene rings is 2. The Morgan fingerprint density at radius 1 is 1.19 bits per heavy atom. The molecule has 2 aromatic rings. The second kappa shape index (κ2) is 5.97. The van der Waals surface area contributed by atoms with E-state index in [0.717, 1.165) is 10.0 Å². The van der Waals surface area contributed by atoms with E-state index >= 15 is 0 Å². The SMILES string of the molecule is Cc1cc(Br)ccc1C(=O)Nc1ccccc1S(N)(=O)=O. The molecule has 21 heavy (non-hydrogen) atoms.